The van der Waals surface area contributed by atoms with Gasteiger partial charge in [-0.15, -0.1) is 0 Å². The molecule has 188 valence electrons. The quantitative estimate of drug-likeness (QED) is 0.341. The van der Waals surface area contributed by atoms with Crippen molar-refractivity contribution in [3.63, 3.8) is 0 Å². The topological polar surface area (TPSA) is 103 Å². The van der Waals surface area contributed by atoms with Crippen LogP contribution in [0.1, 0.15) is 13.8 Å². The van der Waals surface area contributed by atoms with E-state index in [0.717, 1.165) is 23.3 Å². The summed E-state index contributed by atoms with van der Waals surface area (Å²) in [5.41, 5.74) is 3.62. The van der Waals surface area contributed by atoms with Gasteiger partial charge in [-0.25, -0.2) is 24.9 Å². The molecule has 1 N–H and O–H groups in total. The number of halogens is 1. The molecular weight excluding hydrogens is 492 g/mol. The van der Waals surface area contributed by atoms with Crippen LogP contribution >= 0.6 is 11.6 Å². The van der Waals surface area contributed by atoms with Gasteiger partial charge in [0.25, 0.3) is 0 Å². The van der Waals surface area contributed by atoms with Crippen LogP contribution in [0.25, 0.3) is 22.1 Å². The summed E-state index contributed by atoms with van der Waals surface area (Å²) in [5, 5.41) is 3.77. The molecule has 4 heterocycles. The van der Waals surface area contributed by atoms with E-state index in [4.69, 9.17) is 26.1 Å². The highest BCUT2D eigenvalue weighted by Crippen LogP contribution is 2.34. The molecule has 11 heteroatoms. The third-order valence-corrected chi connectivity index (χ3v) is 6.49. The fourth-order valence-electron chi connectivity index (χ4n) is 4.38. The molecule has 6 rings (SSSR count). The Hall–Kier alpha value is -4.02. The predicted octanol–water partition coefficient (Wildman–Crippen LogP) is 5.11. The highest BCUT2D eigenvalue weighted by atomic mass is 35.5. The first-order valence-electron chi connectivity index (χ1n) is 11.9. The summed E-state index contributed by atoms with van der Waals surface area (Å²) in [4.78, 5) is 24.6. The highest BCUT2D eigenvalue weighted by Gasteiger charge is 2.29. The van der Waals surface area contributed by atoms with Gasteiger partial charge in [0.2, 0.25) is 5.95 Å². The SMILES string of the molecule is Cn1cnc2cc(Oc3ccc(Nc4ncnc5cnc(N6CCOC(C)(C)C6)nc45)cc3Cl)ccc21. The summed E-state index contributed by atoms with van der Waals surface area (Å²) < 4.78 is 13.8. The zero-order chi connectivity index (χ0) is 25.6. The van der Waals surface area contributed by atoms with Crippen molar-refractivity contribution in [2.45, 2.75) is 19.4 Å². The molecule has 5 aromatic rings. The molecule has 0 unspecified atom stereocenters. The number of anilines is 3. The van der Waals surface area contributed by atoms with Crippen LogP contribution in [0.2, 0.25) is 5.02 Å². The average molecular weight is 517 g/mol. The summed E-state index contributed by atoms with van der Waals surface area (Å²) in [6.07, 6.45) is 4.97. The Morgan fingerprint density at radius 3 is 2.78 bits per heavy atom. The highest BCUT2D eigenvalue weighted by molar-refractivity contribution is 6.32. The zero-order valence-corrected chi connectivity index (χ0v) is 21.4. The Balaban J connectivity index is 1.25. The number of benzene rings is 2. The Morgan fingerprint density at radius 2 is 1.95 bits per heavy atom. The molecule has 10 nitrogen and oxygen atoms in total. The maximum atomic E-state index is 6.58. The fraction of sp³-hybridized carbons (Fsp3) is 0.269. The molecular formula is C26H25ClN8O2. The fourth-order valence-corrected chi connectivity index (χ4v) is 4.60. The smallest absolute Gasteiger partial charge is 0.226 e. The van der Waals surface area contributed by atoms with E-state index in [2.05, 4.69) is 44.0 Å². The second-order valence-electron chi connectivity index (χ2n) is 9.53. The van der Waals surface area contributed by atoms with Gasteiger partial charge in [0.05, 0.1) is 40.8 Å². The molecule has 3 aromatic heterocycles. The first-order chi connectivity index (χ1) is 17.8. The monoisotopic (exact) mass is 516 g/mol. The Morgan fingerprint density at radius 1 is 1.05 bits per heavy atom. The van der Waals surface area contributed by atoms with Crippen LogP contribution in [0.5, 0.6) is 11.5 Å². The van der Waals surface area contributed by atoms with Crippen molar-refractivity contribution in [2.24, 2.45) is 7.05 Å². The van der Waals surface area contributed by atoms with Gasteiger partial charge < -0.3 is 24.3 Å². The number of imidazole rings is 1. The number of hydrogen-bond donors (Lipinski definition) is 1. The minimum absolute atomic E-state index is 0.269. The summed E-state index contributed by atoms with van der Waals surface area (Å²) in [6.45, 7) is 6.15. The van der Waals surface area contributed by atoms with Crippen molar-refractivity contribution in [3.05, 3.63) is 60.3 Å². The number of aromatic nitrogens is 6. The number of aryl methyl sites for hydroxylation is 1. The van der Waals surface area contributed by atoms with Gasteiger partial charge in [0.15, 0.2) is 5.82 Å². The van der Waals surface area contributed by atoms with Crippen molar-refractivity contribution in [2.75, 3.05) is 29.9 Å². The Bertz CT molecular complexity index is 1620. The number of nitrogens with one attached hydrogen (secondary N) is 1. The number of rotatable bonds is 5. The Labute approximate surface area is 218 Å². The lowest BCUT2D eigenvalue weighted by Crippen LogP contribution is -2.49. The standard InChI is InChI=1S/C26H25ClN8O2/c1-26(2)13-35(8-9-36-26)25-28-12-20-23(33-25)24(30-14-29-20)32-16-4-7-22(18(27)10-16)37-17-5-6-21-19(11-17)31-15-34(21)3/h4-7,10-12,14-15H,8-9,13H2,1-3H3,(H,29,30,32). The minimum atomic E-state index is -0.269. The van der Waals surface area contributed by atoms with E-state index in [1.165, 1.54) is 6.33 Å². The van der Waals surface area contributed by atoms with E-state index in [0.29, 0.717) is 52.5 Å². The summed E-state index contributed by atoms with van der Waals surface area (Å²) >= 11 is 6.58. The van der Waals surface area contributed by atoms with Crippen molar-refractivity contribution in [1.82, 2.24) is 29.5 Å². The third-order valence-electron chi connectivity index (χ3n) is 6.19. The van der Waals surface area contributed by atoms with Gasteiger partial charge in [-0.1, -0.05) is 11.6 Å². The van der Waals surface area contributed by atoms with Crippen LogP contribution in [0.15, 0.2) is 55.2 Å². The van der Waals surface area contributed by atoms with Crippen molar-refractivity contribution >= 4 is 51.1 Å². The van der Waals surface area contributed by atoms with Gasteiger partial charge in [-0.3, -0.25) is 0 Å². The molecule has 0 amide bonds. The second kappa shape index (κ2) is 9.13. The van der Waals surface area contributed by atoms with Gasteiger partial charge >= 0.3 is 0 Å². The largest absolute Gasteiger partial charge is 0.456 e. The normalized spacial score (nSPS) is 15.3. The van der Waals surface area contributed by atoms with E-state index < -0.39 is 0 Å². The van der Waals surface area contributed by atoms with E-state index in [1.54, 1.807) is 18.6 Å². The minimum Gasteiger partial charge on any atom is -0.456 e. The molecule has 1 aliphatic heterocycles. The van der Waals surface area contributed by atoms with Crippen LogP contribution in [0.3, 0.4) is 0 Å². The molecule has 2 aromatic carbocycles. The molecule has 1 aliphatic rings. The molecule has 1 fully saturated rings. The second-order valence-corrected chi connectivity index (χ2v) is 9.94. The number of ether oxygens (including phenoxy) is 2. The molecule has 0 aliphatic carbocycles. The van der Waals surface area contributed by atoms with Crippen LogP contribution in [0.4, 0.5) is 17.5 Å². The van der Waals surface area contributed by atoms with E-state index in [-0.39, 0.29) is 5.60 Å². The van der Waals surface area contributed by atoms with Crippen molar-refractivity contribution in [3.8, 4) is 11.5 Å². The van der Waals surface area contributed by atoms with Crippen LogP contribution in [-0.4, -0.2) is 54.8 Å². The van der Waals surface area contributed by atoms with Gasteiger partial charge in [-0.05, 0) is 44.2 Å². The van der Waals surface area contributed by atoms with Crippen molar-refractivity contribution < 1.29 is 9.47 Å². The van der Waals surface area contributed by atoms with Crippen molar-refractivity contribution in [1.29, 1.82) is 0 Å². The van der Waals surface area contributed by atoms with Crippen LogP contribution in [0, 0.1) is 0 Å². The molecule has 0 radical (unpaired) electrons. The van der Waals surface area contributed by atoms with E-state index >= 15 is 0 Å². The Kier molecular flexibility index (Phi) is 5.77. The summed E-state index contributed by atoms with van der Waals surface area (Å²) in [5.74, 6) is 2.38. The maximum Gasteiger partial charge on any atom is 0.226 e. The van der Waals surface area contributed by atoms with E-state index in [9.17, 15) is 0 Å². The van der Waals surface area contributed by atoms with Gasteiger partial charge in [0, 0.05) is 31.9 Å². The van der Waals surface area contributed by atoms with Gasteiger partial charge in [0.1, 0.15) is 28.9 Å². The maximum absolute atomic E-state index is 6.58. The summed E-state index contributed by atoms with van der Waals surface area (Å²) in [6, 6.07) is 11.2. The predicted molar refractivity (Wildman–Crippen MR) is 143 cm³/mol. The third kappa shape index (κ3) is 4.73. The lowest BCUT2D eigenvalue weighted by Gasteiger charge is -2.38. The summed E-state index contributed by atoms with van der Waals surface area (Å²) in [7, 11) is 1.95. The number of fused-ring (bicyclic) bond motifs is 2. The van der Waals surface area contributed by atoms with E-state index in [1.807, 2.05) is 41.9 Å². The number of nitrogens with zero attached hydrogens (tertiary/aromatic N) is 7. The molecule has 0 saturated carbocycles. The van der Waals surface area contributed by atoms with Gasteiger partial charge in [-0.2, -0.15) is 0 Å². The van der Waals surface area contributed by atoms with Crippen LogP contribution < -0.4 is 15.0 Å². The molecule has 0 atom stereocenters. The van der Waals surface area contributed by atoms with Crippen LogP contribution in [-0.2, 0) is 11.8 Å². The first-order valence-corrected chi connectivity index (χ1v) is 12.2. The molecule has 1 saturated heterocycles. The first kappa shape index (κ1) is 23.4. The average Bonchev–Trinajstić information content (AvgIpc) is 3.25. The lowest BCUT2D eigenvalue weighted by molar-refractivity contribution is -0.0281. The molecule has 0 spiro atoms. The lowest BCUT2D eigenvalue weighted by atomic mass is 10.1. The molecule has 37 heavy (non-hydrogen) atoms. The number of morpholine rings is 1. The molecule has 0 bridgehead atoms. The number of hydrogen-bond acceptors (Lipinski definition) is 9. The zero-order valence-electron chi connectivity index (χ0n) is 20.6.